The highest BCUT2D eigenvalue weighted by Gasteiger charge is 2.15. The van der Waals surface area contributed by atoms with Gasteiger partial charge in [0.25, 0.3) is 0 Å². The Balaban J connectivity index is 1.28. The number of thiophene rings is 2. The topological polar surface area (TPSA) is 12.9 Å². The van der Waals surface area contributed by atoms with E-state index in [1.807, 2.05) is 11.3 Å². The SMILES string of the molecule is c1ccc2c(c1)sc1ccc(-c3ccc(-c4nc5sc6ccccc6c5c5ccccc45)cc3)cc12. The van der Waals surface area contributed by atoms with Crippen molar-refractivity contribution in [1.29, 1.82) is 0 Å². The number of fused-ring (bicyclic) bond motifs is 8. The van der Waals surface area contributed by atoms with Crippen molar-refractivity contribution in [3.63, 3.8) is 0 Å². The lowest BCUT2D eigenvalue weighted by Gasteiger charge is -2.09. The zero-order valence-electron chi connectivity index (χ0n) is 19.2. The molecule has 0 atom stereocenters. The van der Waals surface area contributed by atoms with Crippen LogP contribution in [0.15, 0.2) is 115 Å². The summed E-state index contributed by atoms with van der Waals surface area (Å²) in [5.41, 5.74) is 4.67. The van der Waals surface area contributed by atoms with Gasteiger partial charge in [-0.2, -0.15) is 0 Å². The van der Waals surface area contributed by atoms with Gasteiger partial charge < -0.3 is 0 Å². The summed E-state index contributed by atoms with van der Waals surface area (Å²) in [7, 11) is 0. The second-order valence-corrected chi connectivity index (χ2v) is 11.3. The average molecular weight is 494 g/mol. The van der Waals surface area contributed by atoms with E-state index in [4.69, 9.17) is 4.98 Å². The molecule has 0 aliphatic rings. The number of pyridine rings is 1. The third-order valence-corrected chi connectivity index (χ3v) is 9.33. The van der Waals surface area contributed by atoms with Crippen LogP contribution in [0.4, 0.5) is 0 Å². The Morgan fingerprint density at radius 2 is 1.00 bits per heavy atom. The quantitative estimate of drug-likeness (QED) is 0.233. The molecule has 0 N–H and O–H groups in total. The van der Waals surface area contributed by atoms with Crippen LogP contribution >= 0.6 is 22.7 Å². The Kier molecular flexibility index (Phi) is 4.33. The van der Waals surface area contributed by atoms with E-state index in [9.17, 15) is 0 Å². The van der Waals surface area contributed by atoms with Gasteiger partial charge in [-0.1, -0.05) is 91.0 Å². The highest BCUT2D eigenvalue weighted by molar-refractivity contribution is 7.26. The van der Waals surface area contributed by atoms with E-state index in [0.29, 0.717) is 0 Å². The summed E-state index contributed by atoms with van der Waals surface area (Å²) in [6, 6.07) is 41.7. The summed E-state index contributed by atoms with van der Waals surface area (Å²) in [6.45, 7) is 0. The summed E-state index contributed by atoms with van der Waals surface area (Å²) in [5, 5.41) is 7.70. The molecule has 0 spiro atoms. The van der Waals surface area contributed by atoms with Crippen molar-refractivity contribution in [3.8, 4) is 22.4 Å². The van der Waals surface area contributed by atoms with Gasteiger partial charge in [-0.15, -0.1) is 22.7 Å². The third-order valence-electron chi connectivity index (χ3n) is 7.11. The van der Waals surface area contributed by atoms with Gasteiger partial charge in [0.15, 0.2) is 0 Å². The van der Waals surface area contributed by atoms with E-state index in [1.165, 1.54) is 57.5 Å². The molecule has 0 amide bonds. The Morgan fingerprint density at radius 1 is 0.417 bits per heavy atom. The molecule has 0 aliphatic heterocycles. The van der Waals surface area contributed by atoms with Gasteiger partial charge in [0.1, 0.15) is 4.83 Å². The predicted molar refractivity (Wildman–Crippen MR) is 158 cm³/mol. The maximum atomic E-state index is 5.20. The van der Waals surface area contributed by atoms with Crippen LogP contribution in [-0.4, -0.2) is 4.98 Å². The Hall–Kier alpha value is -4.05. The number of hydrogen-bond acceptors (Lipinski definition) is 3. The van der Waals surface area contributed by atoms with Gasteiger partial charge in [-0.05, 0) is 40.8 Å². The number of aromatic nitrogens is 1. The molecule has 8 rings (SSSR count). The van der Waals surface area contributed by atoms with E-state index in [1.54, 1.807) is 11.3 Å². The zero-order chi connectivity index (χ0) is 23.6. The summed E-state index contributed by atoms with van der Waals surface area (Å²) in [5.74, 6) is 0. The van der Waals surface area contributed by atoms with Gasteiger partial charge in [-0.3, -0.25) is 0 Å². The van der Waals surface area contributed by atoms with Crippen molar-refractivity contribution in [2.45, 2.75) is 0 Å². The fraction of sp³-hybridized carbons (Fsp3) is 0. The van der Waals surface area contributed by atoms with Crippen LogP contribution in [0.25, 0.3) is 73.6 Å². The standard InChI is InChI=1S/C33H19NS2/c1-2-9-25-24(8-1)31-26-10-4-6-12-29(26)36-33(31)34-32(25)21-15-13-20(14-16-21)22-17-18-30-27(19-22)23-7-3-5-11-28(23)35-30/h1-19H. The molecule has 0 aliphatic carbocycles. The van der Waals surface area contributed by atoms with E-state index < -0.39 is 0 Å². The Morgan fingerprint density at radius 3 is 1.81 bits per heavy atom. The molecule has 3 aromatic heterocycles. The highest BCUT2D eigenvalue weighted by Crippen LogP contribution is 2.41. The molecule has 0 bridgehead atoms. The normalized spacial score (nSPS) is 11.9. The largest absolute Gasteiger partial charge is 0.236 e. The third kappa shape index (κ3) is 2.97. The molecule has 0 saturated heterocycles. The highest BCUT2D eigenvalue weighted by atomic mass is 32.1. The van der Waals surface area contributed by atoms with Crippen molar-refractivity contribution in [2.24, 2.45) is 0 Å². The minimum absolute atomic E-state index is 1.05. The molecule has 1 nitrogen and oxygen atoms in total. The van der Waals surface area contributed by atoms with Crippen molar-refractivity contribution >= 4 is 73.9 Å². The lowest BCUT2D eigenvalue weighted by molar-refractivity contribution is 1.45. The van der Waals surface area contributed by atoms with Crippen LogP contribution in [0.2, 0.25) is 0 Å². The molecule has 0 radical (unpaired) electrons. The van der Waals surface area contributed by atoms with Crippen LogP contribution in [-0.2, 0) is 0 Å². The second kappa shape index (κ2) is 7.72. The monoisotopic (exact) mass is 493 g/mol. The van der Waals surface area contributed by atoms with Crippen LogP contribution in [0.1, 0.15) is 0 Å². The van der Waals surface area contributed by atoms with Crippen LogP contribution < -0.4 is 0 Å². The molecule has 8 aromatic rings. The zero-order valence-corrected chi connectivity index (χ0v) is 20.9. The Bertz CT molecular complexity index is 2100. The first-order valence-electron chi connectivity index (χ1n) is 12.1. The number of rotatable bonds is 2. The number of nitrogens with zero attached hydrogens (tertiary/aromatic N) is 1. The maximum absolute atomic E-state index is 5.20. The first-order chi connectivity index (χ1) is 17.8. The minimum Gasteiger partial charge on any atom is -0.236 e. The van der Waals surface area contributed by atoms with Gasteiger partial charge in [0.05, 0.1) is 5.69 Å². The lowest BCUT2D eigenvalue weighted by Crippen LogP contribution is -1.88. The first kappa shape index (κ1) is 20.2. The summed E-state index contributed by atoms with van der Waals surface area (Å²) in [6.07, 6.45) is 0. The average Bonchev–Trinajstić information content (AvgIpc) is 3.50. The van der Waals surface area contributed by atoms with Crippen molar-refractivity contribution < 1.29 is 0 Å². The molecule has 0 fully saturated rings. The van der Waals surface area contributed by atoms with Gasteiger partial charge >= 0.3 is 0 Å². The summed E-state index contributed by atoms with van der Waals surface area (Å²) >= 11 is 3.64. The van der Waals surface area contributed by atoms with Crippen molar-refractivity contribution in [3.05, 3.63) is 115 Å². The molecular weight excluding hydrogens is 475 g/mol. The smallest absolute Gasteiger partial charge is 0.125 e. The van der Waals surface area contributed by atoms with Crippen molar-refractivity contribution in [2.75, 3.05) is 0 Å². The van der Waals surface area contributed by atoms with Crippen LogP contribution in [0.5, 0.6) is 0 Å². The molecule has 36 heavy (non-hydrogen) atoms. The first-order valence-corrected chi connectivity index (χ1v) is 13.7. The molecule has 168 valence electrons. The fourth-order valence-corrected chi connectivity index (χ4v) is 7.57. The minimum atomic E-state index is 1.05. The maximum Gasteiger partial charge on any atom is 0.125 e. The lowest BCUT2D eigenvalue weighted by atomic mass is 9.98. The van der Waals surface area contributed by atoms with E-state index >= 15 is 0 Å². The summed E-state index contributed by atoms with van der Waals surface area (Å²) in [4.78, 5) is 6.30. The van der Waals surface area contributed by atoms with Gasteiger partial charge in [0.2, 0.25) is 0 Å². The van der Waals surface area contributed by atoms with Crippen LogP contribution in [0, 0.1) is 0 Å². The predicted octanol–water partition coefficient (Wildman–Crippen LogP) is 10.3. The van der Waals surface area contributed by atoms with Crippen molar-refractivity contribution in [1.82, 2.24) is 4.98 Å². The second-order valence-electron chi connectivity index (χ2n) is 9.17. The molecule has 3 heteroatoms. The van der Waals surface area contributed by atoms with Gasteiger partial charge in [0, 0.05) is 46.6 Å². The number of benzene rings is 5. The molecule has 5 aromatic carbocycles. The number of hydrogen-bond donors (Lipinski definition) is 0. The fourth-order valence-electron chi connectivity index (χ4n) is 5.39. The van der Waals surface area contributed by atoms with Gasteiger partial charge in [-0.25, -0.2) is 4.98 Å². The van der Waals surface area contributed by atoms with E-state index in [-0.39, 0.29) is 0 Å². The molecule has 0 saturated carbocycles. The Labute approximate surface area is 215 Å². The summed E-state index contributed by atoms with van der Waals surface area (Å²) < 4.78 is 3.97. The molecule has 3 heterocycles. The van der Waals surface area contributed by atoms with Crippen LogP contribution in [0.3, 0.4) is 0 Å². The molecular formula is C33H19NS2. The molecule has 0 unspecified atom stereocenters. The van der Waals surface area contributed by atoms with E-state index in [0.717, 1.165) is 16.1 Å². The van der Waals surface area contributed by atoms with E-state index in [2.05, 4.69) is 115 Å².